The number of aromatic nitrogens is 1. The van der Waals surface area contributed by atoms with Crippen LogP contribution in [-0.4, -0.2) is 10.9 Å². The number of nitrogens with zero attached hydrogens (tertiary/aromatic N) is 1. The summed E-state index contributed by atoms with van der Waals surface area (Å²) in [6, 6.07) is 50.1. The van der Waals surface area contributed by atoms with Crippen LogP contribution in [0.25, 0.3) is 32.9 Å². The number of benzene rings is 6. The van der Waals surface area contributed by atoms with E-state index in [2.05, 4.69) is 43.4 Å². The fourth-order valence-electron chi connectivity index (χ4n) is 5.08. The number of carbonyl (C=O) groups is 1. The van der Waals surface area contributed by atoms with Crippen molar-refractivity contribution in [2.45, 2.75) is 13.8 Å². The van der Waals surface area contributed by atoms with E-state index in [1.807, 2.05) is 141 Å². The van der Waals surface area contributed by atoms with Crippen molar-refractivity contribution in [3.05, 3.63) is 193 Å². The van der Waals surface area contributed by atoms with Gasteiger partial charge in [0.25, 0.3) is 5.91 Å². The number of anilines is 1. The number of nitrogens with one attached hydrogen (secondary N) is 1. The minimum absolute atomic E-state index is 0. The Morgan fingerprint density at radius 2 is 1.09 bits per heavy atom. The summed E-state index contributed by atoms with van der Waals surface area (Å²) in [5.41, 5.74) is 8.27. The quantitative estimate of drug-likeness (QED) is 0.189. The average molecular weight is 676 g/mol. The molecule has 46 heavy (non-hydrogen) atoms. The molecule has 0 radical (unpaired) electrons. The van der Waals surface area contributed by atoms with E-state index in [9.17, 15) is 4.79 Å². The fourth-order valence-corrected chi connectivity index (χ4v) is 5.08. The number of para-hydroxylation sites is 2. The van der Waals surface area contributed by atoms with Gasteiger partial charge >= 0.3 is 26.2 Å². The van der Waals surface area contributed by atoms with Gasteiger partial charge in [0, 0.05) is 16.6 Å². The molecule has 224 valence electrons. The van der Waals surface area contributed by atoms with E-state index in [1.54, 1.807) is 0 Å². The van der Waals surface area contributed by atoms with Crippen molar-refractivity contribution in [2.24, 2.45) is 0 Å². The summed E-state index contributed by atoms with van der Waals surface area (Å²) in [6.45, 7) is 11.4. The van der Waals surface area contributed by atoms with Gasteiger partial charge in [0.15, 0.2) is 0 Å². The largest absolute Gasteiger partial charge is 2.00 e. The Morgan fingerprint density at radius 3 is 1.70 bits per heavy atom. The number of hydrogen-bond donors (Lipinski definition) is 1. The summed E-state index contributed by atoms with van der Waals surface area (Å²) in [5.74, 6) is -0.148. The molecule has 6 aromatic carbocycles. The van der Waals surface area contributed by atoms with Gasteiger partial charge in [0.2, 0.25) is 0 Å². The topological polar surface area (TPSA) is 42.0 Å². The molecule has 0 bridgehead atoms. The second-order valence-corrected chi connectivity index (χ2v) is 10.8. The minimum Gasteiger partial charge on any atom is -0.321 e. The van der Waals surface area contributed by atoms with Crippen LogP contribution in [0.1, 0.15) is 32.6 Å². The molecule has 7 rings (SSSR count). The minimum atomic E-state index is -0.148. The predicted octanol–water partition coefficient (Wildman–Crippen LogP) is 10.7. The summed E-state index contributed by atoms with van der Waals surface area (Å²) in [5, 5.41) is 6.36. The Bertz CT molecular complexity index is 1980. The van der Waals surface area contributed by atoms with Crippen LogP contribution in [0.2, 0.25) is 0 Å². The van der Waals surface area contributed by atoms with E-state index in [1.165, 1.54) is 5.39 Å². The molecule has 0 spiro atoms. The molecular weight excluding hydrogens is 640 g/mol. The molecule has 0 unspecified atom stereocenters. The van der Waals surface area contributed by atoms with Crippen LogP contribution >= 0.6 is 0 Å². The number of fused-ring (bicyclic) bond motifs is 2. The molecule has 1 amide bonds. The predicted molar refractivity (Wildman–Crippen MR) is 190 cm³/mol. The molecule has 4 heteroatoms. The van der Waals surface area contributed by atoms with Crippen molar-refractivity contribution in [2.75, 3.05) is 5.32 Å². The Kier molecular flexibility index (Phi) is 12.1. The Morgan fingerprint density at radius 1 is 0.565 bits per heavy atom. The molecule has 0 aliphatic rings. The summed E-state index contributed by atoms with van der Waals surface area (Å²) < 4.78 is 0. The molecule has 0 atom stereocenters. The van der Waals surface area contributed by atoms with Crippen molar-refractivity contribution in [1.29, 1.82) is 0 Å². The maximum atomic E-state index is 13.2. The molecule has 1 heterocycles. The van der Waals surface area contributed by atoms with Gasteiger partial charge in [-0.05, 0) is 47.9 Å². The zero-order valence-corrected chi connectivity index (χ0v) is 28.7. The van der Waals surface area contributed by atoms with Crippen LogP contribution < -0.4 is 5.32 Å². The standard InChI is InChI=1S/C28H22N2O.2C7H7.Zr/c1-18-8-5-9-19(2)26(18)30-28(31)24-15-7-12-21-16-17-25(29-27(21)24)23-14-6-11-20-10-3-4-13-22(20)23;2*1-7-5-3-2-4-6-7;/h3-17H,1-2H3,(H,30,31);2*2-6H,1H2;/q;2*-1;+2. The second kappa shape index (κ2) is 16.4. The maximum Gasteiger partial charge on any atom is 2.00 e. The van der Waals surface area contributed by atoms with Gasteiger partial charge in [0.1, 0.15) is 0 Å². The first kappa shape index (κ1) is 34.0. The SMILES string of the molecule is Cc1cccc(C)c1NC(=O)c1cccc2ccc(-c3cccc4ccccc34)nc12.[CH2-]c1ccccc1.[CH2-]c1ccccc1.[Zr+2]. The summed E-state index contributed by atoms with van der Waals surface area (Å²) in [6.07, 6.45) is 0. The van der Waals surface area contributed by atoms with Gasteiger partial charge < -0.3 is 5.32 Å². The van der Waals surface area contributed by atoms with E-state index >= 15 is 0 Å². The van der Waals surface area contributed by atoms with Crippen molar-refractivity contribution in [3.8, 4) is 11.3 Å². The third-order valence-electron chi connectivity index (χ3n) is 7.44. The number of hydrogen-bond acceptors (Lipinski definition) is 2. The van der Waals surface area contributed by atoms with Gasteiger partial charge in [0.05, 0.1) is 16.8 Å². The van der Waals surface area contributed by atoms with Crippen molar-refractivity contribution in [1.82, 2.24) is 4.98 Å². The number of pyridine rings is 1. The molecule has 1 N–H and O–H groups in total. The monoisotopic (exact) mass is 674 g/mol. The van der Waals surface area contributed by atoms with Gasteiger partial charge in [-0.1, -0.05) is 91.0 Å². The Hall–Kier alpha value is -4.92. The molecule has 0 fully saturated rings. The van der Waals surface area contributed by atoms with Gasteiger partial charge in [-0.3, -0.25) is 4.79 Å². The normalized spacial score (nSPS) is 10.0. The first-order chi connectivity index (χ1) is 21.9. The zero-order valence-electron chi connectivity index (χ0n) is 26.2. The summed E-state index contributed by atoms with van der Waals surface area (Å²) in [4.78, 5) is 18.2. The molecule has 0 saturated heterocycles. The molecular formula is C42H36N2OZr. The van der Waals surface area contributed by atoms with Crippen molar-refractivity contribution < 1.29 is 31.0 Å². The summed E-state index contributed by atoms with van der Waals surface area (Å²) >= 11 is 0. The van der Waals surface area contributed by atoms with Crippen molar-refractivity contribution in [3.63, 3.8) is 0 Å². The molecule has 0 saturated carbocycles. The third kappa shape index (κ3) is 8.62. The summed E-state index contributed by atoms with van der Waals surface area (Å²) in [7, 11) is 0. The van der Waals surface area contributed by atoms with E-state index in [4.69, 9.17) is 4.98 Å². The average Bonchev–Trinajstić information content (AvgIpc) is 3.07. The molecule has 1 aromatic heterocycles. The number of rotatable bonds is 3. The molecule has 0 aliphatic carbocycles. The van der Waals surface area contributed by atoms with Crippen LogP contribution in [0.3, 0.4) is 0 Å². The number of carbonyl (C=O) groups excluding carboxylic acids is 1. The number of amides is 1. The van der Waals surface area contributed by atoms with Gasteiger partial charge in [-0.2, -0.15) is 49.2 Å². The maximum absolute atomic E-state index is 13.2. The molecule has 0 aliphatic heterocycles. The first-order valence-electron chi connectivity index (χ1n) is 14.9. The van der Waals surface area contributed by atoms with Gasteiger partial charge in [-0.25, -0.2) is 4.98 Å². The van der Waals surface area contributed by atoms with Crippen molar-refractivity contribution >= 4 is 33.3 Å². The second-order valence-electron chi connectivity index (χ2n) is 10.8. The number of aryl methyl sites for hydroxylation is 2. The van der Waals surface area contributed by atoms with Crippen LogP contribution in [0.5, 0.6) is 0 Å². The Labute approximate surface area is 291 Å². The first-order valence-corrected chi connectivity index (χ1v) is 14.9. The smallest absolute Gasteiger partial charge is 0.321 e. The fraction of sp³-hybridized carbons (Fsp3) is 0.0476. The Balaban J connectivity index is 0.000000264. The van der Waals surface area contributed by atoms with Crippen LogP contribution in [0.4, 0.5) is 5.69 Å². The van der Waals surface area contributed by atoms with E-state index < -0.39 is 0 Å². The molecule has 7 aromatic rings. The van der Waals surface area contributed by atoms with Crippen LogP contribution in [0, 0.1) is 27.7 Å². The van der Waals surface area contributed by atoms with E-state index in [-0.39, 0.29) is 32.1 Å². The van der Waals surface area contributed by atoms with Crippen LogP contribution in [-0.2, 0) is 26.2 Å². The van der Waals surface area contributed by atoms with E-state index in [0.717, 1.165) is 50.0 Å². The van der Waals surface area contributed by atoms with E-state index in [0.29, 0.717) is 11.1 Å². The van der Waals surface area contributed by atoms with Gasteiger partial charge in [-0.15, -0.1) is 24.3 Å². The zero-order chi connectivity index (χ0) is 31.6. The third-order valence-corrected chi connectivity index (χ3v) is 7.44. The molecule has 3 nitrogen and oxygen atoms in total. The van der Waals surface area contributed by atoms with Crippen LogP contribution in [0.15, 0.2) is 152 Å².